The summed E-state index contributed by atoms with van der Waals surface area (Å²) in [6, 6.07) is 9.16. The Morgan fingerprint density at radius 1 is 1.00 bits per heavy atom. The summed E-state index contributed by atoms with van der Waals surface area (Å²) in [5, 5.41) is 9.51. The van der Waals surface area contributed by atoms with Crippen molar-refractivity contribution in [3.63, 3.8) is 0 Å². The van der Waals surface area contributed by atoms with E-state index in [4.69, 9.17) is 12.2 Å². The summed E-state index contributed by atoms with van der Waals surface area (Å²) in [4.78, 5) is 26.3. The molecule has 0 unspecified atom stereocenters. The Balaban J connectivity index is 2.05. The number of aromatic hydroxyl groups is 1. The molecule has 102 valence electrons. The van der Waals surface area contributed by atoms with Crippen LogP contribution in [0.4, 0.5) is 0 Å². The molecule has 6 nitrogen and oxygen atoms in total. The average molecular weight is 289 g/mol. The molecule has 0 atom stereocenters. The first-order chi connectivity index (χ1) is 9.59. The van der Waals surface area contributed by atoms with Gasteiger partial charge < -0.3 is 10.1 Å². The highest BCUT2D eigenvalue weighted by Crippen LogP contribution is 2.14. The molecule has 1 heterocycles. The van der Waals surface area contributed by atoms with E-state index in [0.29, 0.717) is 0 Å². The Hall–Kier alpha value is -2.67. The monoisotopic (exact) mass is 289 g/mol. The molecule has 0 bridgehead atoms. The number of amides is 2. The second-order valence-corrected chi connectivity index (χ2v) is 4.25. The molecule has 0 saturated heterocycles. The Bertz CT molecular complexity index is 712. The van der Waals surface area contributed by atoms with Crippen molar-refractivity contribution >= 4 is 24.0 Å². The fraction of sp³-hybridized carbons (Fsp3) is 0. The van der Waals surface area contributed by atoms with Crippen LogP contribution in [0.2, 0.25) is 0 Å². The van der Waals surface area contributed by atoms with Gasteiger partial charge in [-0.1, -0.05) is 24.4 Å². The Morgan fingerprint density at radius 3 is 2.25 bits per heavy atom. The summed E-state index contributed by atoms with van der Waals surface area (Å²) in [5.41, 5.74) is 4.73. The van der Waals surface area contributed by atoms with Crippen molar-refractivity contribution in [2.75, 3.05) is 0 Å². The fourth-order valence-corrected chi connectivity index (χ4v) is 1.74. The average Bonchev–Trinajstić information content (AvgIpc) is 2.45. The number of benzene rings is 1. The number of aromatic nitrogens is 1. The van der Waals surface area contributed by atoms with Crippen LogP contribution in [-0.4, -0.2) is 21.9 Å². The number of aromatic amines is 1. The predicted octanol–water partition coefficient (Wildman–Crippen LogP) is 1.52. The van der Waals surface area contributed by atoms with Crippen molar-refractivity contribution in [1.82, 2.24) is 15.8 Å². The second kappa shape index (κ2) is 5.98. The normalized spacial score (nSPS) is 9.80. The number of rotatable bonds is 2. The molecule has 0 fully saturated rings. The lowest BCUT2D eigenvalue weighted by Gasteiger charge is -2.08. The minimum absolute atomic E-state index is 0.0611. The molecule has 1 aromatic carbocycles. The number of H-pyrrole nitrogens is 1. The van der Waals surface area contributed by atoms with Gasteiger partial charge in [0.15, 0.2) is 0 Å². The standard InChI is InChI=1S/C13H11N3O3S/c17-10-6-2-1-4-8(10)11(18)15-16-12(19)9-5-3-7-14-13(9)20/h1-7,17H,(H,14,20)(H,15,18)(H,16,19). The molecular weight excluding hydrogens is 278 g/mol. The quantitative estimate of drug-likeness (QED) is 0.498. The van der Waals surface area contributed by atoms with E-state index in [2.05, 4.69) is 15.8 Å². The number of pyridine rings is 1. The molecular formula is C13H11N3O3S. The van der Waals surface area contributed by atoms with Crippen molar-refractivity contribution in [2.24, 2.45) is 0 Å². The Morgan fingerprint density at radius 2 is 1.60 bits per heavy atom. The molecule has 20 heavy (non-hydrogen) atoms. The Labute approximate surface area is 119 Å². The number of nitrogens with one attached hydrogen (secondary N) is 3. The summed E-state index contributed by atoms with van der Waals surface area (Å²) in [7, 11) is 0. The van der Waals surface area contributed by atoms with Crippen LogP contribution in [0.25, 0.3) is 0 Å². The molecule has 0 aliphatic rings. The molecule has 2 rings (SSSR count). The van der Waals surface area contributed by atoms with Crippen LogP contribution in [0.5, 0.6) is 5.75 Å². The van der Waals surface area contributed by atoms with Crippen LogP contribution in [0.1, 0.15) is 20.7 Å². The van der Waals surface area contributed by atoms with Crippen molar-refractivity contribution in [1.29, 1.82) is 0 Å². The number of hydrogen-bond donors (Lipinski definition) is 4. The number of phenolic OH excluding ortho intramolecular Hbond substituents is 1. The third-order valence-electron chi connectivity index (χ3n) is 2.50. The number of hydrogen-bond acceptors (Lipinski definition) is 4. The highest BCUT2D eigenvalue weighted by Gasteiger charge is 2.12. The fourth-order valence-electron chi connectivity index (χ4n) is 1.51. The van der Waals surface area contributed by atoms with E-state index in [9.17, 15) is 14.7 Å². The summed E-state index contributed by atoms with van der Waals surface area (Å²) in [6.07, 6.45) is 1.60. The smallest absolute Gasteiger partial charge is 0.273 e. The van der Waals surface area contributed by atoms with Crippen LogP contribution in [0.15, 0.2) is 42.6 Å². The third-order valence-corrected chi connectivity index (χ3v) is 2.84. The first-order valence-corrected chi connectivity index (χ1v) is 6.07. The maximum Gasteiger partial charge on any atom is 0.273 e. The van der Waals surface area contributed by atoms with Gasteiger partial charge in [-0.3, -0.25) is 20.4 Å². The summed E-state index contributed by atoms with van der Waals surface area (Å²) < 4.78 is 0.266. The summed E-state index contributed by atoms with van der Waals surface area (Å²) >= 11 is 4.95. The van der Waals surface area contributed by atoms with Crippen LogP contribution >= 0.6 is 12.2 Å². The zero-order chi connectivity index (χ0) is 14.5. The van der Waals surface area contributed by atoms with Gasteiger partial charge in [-0.2, -0.15) is 0 Å². The minimum Gasteiger partial charge on any atom is -0.507 e. The van der Waals surface area contributed by atoms with Crippen LogP contribution in [0, 0.1) is 4.64 Å². The lowest BCUT2D eigenvalue weighted by molar-refractivity contribution is 0.0844. The van der Waals surface area contributed by atoms with Crippen LogP contribution in [0.3, 0.4) is 0 Å². The van der Waals surface area contributed by atoms with Gasteiger partial charge in [-0.05, 0) is 24.3 Å². The van der Waals surface area contributed by atoms with Gasteiger partial charge in [0.25, 0.3) is 11.8 Å². The van der Waals surface area contributed by atoms with E-state index < -0.39 is 11.8 Å². The molecule has 1 aromatic heterocycles. The molecule has 2 amide bonds. The van der Waals surface area contributed by atoms with E-state index in [-0.39, 0.29) is 21.5 Å². The van der Waals surface area contributed by atoms with Gasteiger partial charge in [0.1, 0.15) is 10.4 Å². The molecule has 0 aliphatic heterocycles. The maximum absolute atomic E-state index is 11.8. The van der Waals surface area contributed by atoms with E-state index >= 15 is 0 Å². The number of carbonyl (C=O) groups excluding carboxylic acids is 2. The first-order valence-electron chi connectivity index (χ1n) is 5.66. The molecule has 0 radical (unpaired) electrons. The van der Waals surface area contributed by atoms with E-state index in [1.165, 1.54) is 18.2 Å². The molecule has 2 aromatic rings. The molecule has 0 saturated carbocycles. The third kappa shape index (κ3) is 3.01. The van der Waals surface area contributed by atoms with Gasteiger partial charge in [0.2, 0.25) is 0 Å². The summed E-state index contributed by atoms with van der Waals surface area (Å²) in [5.74, 6) is -1.34. The van der Waals surface area contributed by atoms with Crippen molar-refractivity contribution < 1.29 is 14.7 Å². The number of hydrazine groups is 1. The molecule has 4 N–H and O–H groups in total. The largest absolute Gasteiger partial charge is 0.507 e. The van der Waals surface area contributed by atoms with Gasteiger partial charge >= 0.3 is 0 Å². The number of phenols is 1. The van der Waals surface area contributed by atoms with E-state index in [1.54, 1.807) is 24.4 Å². The minimum atomic E-state index is -0.623. The highest BCUT2D eigenvalue weighted by molar-refractivity contribution is 7.71. The van der Waals surface area contributed by atoms with Crippen LogP contribution < -0.4 is 10.9 Å². The summed E-state index contributed by atoms with van der Waals surface area (Å²) in [6.45, 7) is 0. The van der Waals surface area contributed by atoms with E-state index in [1.807, 2.05) is 0 Å². The van der Waals surface area contributed by atoms with Crippen molar-refractivity contribution in [3.05, 3.63) is 58.4 Å². The zero-order valence-electron chi connectivity index (χ0n) is 10.2. The lowest BCUT2D eigenvalue weighted by atomic mass is 10.2. The predicted molar refractivity (Wildman–Crippen MR) is 74.7 cm³/mol. The first kappa shape index (κ1) is 13.8. The number of para-hydroxylation sites is 1. The van der Waals surface area contributed by atoms with Crippen LogP contribution in [-0.2, 0) is 0 Å². The number of carbonyl (C=O) groups is 2. The topological polar surface area (TPSA) is 94.2 Å². The highest BCUT2D eigenvalue weighted by atomic mass is 32.1. The second-order valence-electron chi connectivity index (χ2n) is 3.84. The zero-order valence-corrected chi connectivity index (χ0v) is 11.0. The lowest BCUT2D eigenvalue weighted by Crippen LogP contribution is -2.41. The van der Waals surface area contributed by atoms with Gasteiger partial charge in [0, 0.05) is 6.20 Å². The maximum atomic E-state index is 11.8. The van der Waals surface area contributed by atoms with Crippen molar-refractivity contribution in [3.8, 4) is 5.75 Å². The van der Waals surface area contributed by atoms with Crippen molar-refractivity contribution in [2.45, 2.75) is 0 Å². The molecule has 0 aliphatic carbocycles. The Kier molecular flexibility index (Phi) is 4.11. The van der Waals surface area contributed by atoms with Gasteiger partial charge in [-0.25, -0.2) is 0 Å². The SMILES string of the molecule is O=C(NNC(=O)c1ccc[nH]c1=S)c1ccccc1O. The molecule has 0 spiro atoms. The van der Waals surface area contributed by atoms with Gasteiger partial charge in [0.05, 0.1) is 11.1 Å². The van der Waals surface area contributed by atoms with E-state index in [0.717, 1.165) is 0 Å². The van der Waals surface area contributed by atoms with Gasteiger partial charge in [-0.15, -0.1) is 0 Å². The molecule has 7 heteroatoms.